The van der Waals surface area contributed by atoms with Crippen LogP contribution < -0.4 is 15.8 Å². The molecule has 3 N–H and O–H groups in total. The Morgan fingerprint density at radius 2 is 1.85 bits per heavy atom. The summed E-state index contributed by atoms with van der Waals surface area (Å²) in [4.78, 5) is 13.4. The molecule has 1 aliphatic heterocycles. The standard InChI is InChI=1S/C17H16F4N2O.C3H5F2NO.C2H6/c1-9-8-24-16-12(9)6-14(13(7-22)17(19,20)21)23-15(16)10-2-4-11(18)5-3-10;4-3(5)1-6-2-7;1-2/h2-6,9,13H,7-8,22H2,1H3;2-3H,1H2,(H,6,7);1-2H3. The monoisotopic (exact) mass is 479 g/mol. The summed E-state index contributed by atoms with van der Waals surface area (Å²) in [6, 6.07) is 6.83. The van der Waals surface area contributed by atoms with Crippen molar-refractivity contribution in [1.82, 2.24) is 10.3 Å². The first-order valence-corrected chi connectivity index (χ1v) is 10.2. The minimum absolute atomic E-state index is 0.0485. The van der Waals surface area contributed by atoms with E-state index in [4.69, 9.17) is 10.5 Å². The van der Waals surface area contributed by atoms with Crippen LogP contribution in [0.4, 0.5) is 26.3 Å². The van der Waals surface area contributed by atoms with Gasteiger partial charge in [0.15, 0.2) is 0 Å². The lowest BCUT2D eigenvalue weighted by Gasteiger charge is -2.20. The number of carbonyl (C=O) groups excluding carboxylic acids is 1. The quantitative estimate of drug-likeness (QED) is 0.451. The number of rotatable bonds is 6. The van der Waals surface area contributed by atoms with Crippen molar-refractivity contribution in [2.75, 3.05) is 19.7 Å². The number of ether oxygens (including phenoxy) is 1. The second-order valence-electron chi connectivity index (χ2n) is 6.78. The molecule has 33 heavy (non-hydrogen) atoms. The number of amides is 1. The number of benzene rings is 1. The number of nitrogens with two attached hydrogens (primary N) is 1. The fourth-order valence-electron chi connectivity index (χ4n) is 2.93. The summed E-state index contributed by atoms with van der Waals surface area (Å²) >= 11 is 0. The molecule has 0 saturated heterocycles. The highest BCUT2D eigenvalue weighted by atomic mass is 19.4. The van der Waals surface area contributed by atoms with Crippen molar-refractivity contribution in [3.8, 4) is 17.0 Å². The molecule has 1 aliphatic rings. The van der Waals surface area contributed by atoms with Gasteiger partial charge in [-0.1, -0.05) is 20.8 Å². The summed E-state index contributed by atoms with van der Waals surface area (Å²) < 4.78 is 80.5. The maximum Gasteiger partial charge on any atom is 0.398 e. The maximum absolute atomic E-state index is 13.2. The van der Waals surface area contributed by atoms with Gasteiger partial charge in [0, 0.05) is 23.6 Å². The van der Waals surface area contributed by atoms with Crippen molar-refractivity contribution < 1.29 is 35.9 Å². The molecule has 1 aromatic heterocycles. The lowest BCUT2D eigenvalue weighted by Crippen LogP contribution is -2.29. The highest BCUT2D eigenvalue weighted by Gasteiger charge is 2.42. The van der Waals surface area contributed by atoms with Crippen LogP contribution in [0.15, 0.2) is 30.3 Å². The molecule has 0 saturated carbocycles. The van der Waals surface area contributed by atoms with Crippen molar-refractivity contribution in [2.24, 2.45) is 5.73 Å². The molecule has 0 spiro atoms. The largest absolute Gasteiger partial charge is 0.490 e. The molecule has 1 amide bonds. The second kappa shape index (κ2) is 13.0. The van der Waals surface area contributed by atoms with Gasteiger partial charge in [-0.15, -0.1) is 0 Å². The Morgan fingerprint density at radius 1 is 1.24 bits per heavy atom. The Kier molecular flexibility index (Phi) is 11.1. The number of hydrogen-bond acceptors (Lipinski definition) is 4. The molecule has 2 unspecified atom stereocenters. The number of carbonyl (C=O) groups is 1. The predicted octanol–water partition coefficient (Wildman–Crippen LogP) is 5.01. The van der Waals surface area contributed by atoms with E-state index in [1.54, 1.807) is 0 Å². The number of alkyl halides is 5. The van der Waals surface area contributed by atoms with Gasteiger partial charge in [0.2, 0.25) is 6.41 Å². The van der Waals surface area contributed by atoms with Crippen molar-refractivity contribution >= 4 is 6.41 Å². The molecule has 5 nitrogen and oxygen atoms in total. The zero-order chi connectivity index (χ0) is 25.2. The normalized spacial score (nSPS) is 15.3. The zero-order valence-corrected chi connectivity index (χ0v) is 18.4. The van der Waals surface area contributed by atoms with Crippen LogP contribution in [0.5, 0.6) is 5.75 Å². The van der Waals surface area contributed by atoms with Gasteiger partial charge in [0.25, 0.3) is 6.43 Å². The molecule has 184 valence electrons. The predicted molar refractivity (Wildman–Crippen MR) is 113 cm³/mol. The van der Waals surface area contributed by atoms with Gasteiger partial charge >= 0.3 is 6.18 Å². The van der Waals surface area contributed by atoms with Crippen LogP contribution in [0, 0.1) is 5.82 Å². The van der Waals surface area contributed by atoms with E-state index in [2.05, 4.69) is 4.98 Å². The molecule has 0 bridgehead atoms. The zero-order valence-electron chi connectivity index (χ0n) is 18.4. The SMILES string of the molecule is CC.CC1COc2c1cc(C(CN)C(F)(F)F)nc2-c1ccc(F)cc1.O=CNCC(F)F. The third-order valence-electron chi connectivity index (χ3n) is 4.49. The Hall–Kier alpha value is -2.82. The van der Waals surface area contributed by atoms with Crippen LogP contribution in [0.3, 0.4) is 0 Å². The summed E-state index contributed by atoms with van der Waals surface area (Å²) in [5.41, 5.74) is 6.66. The second-order valence-corrected chi connectivity index (χ2v) is 6.78. The van der Waals surface area contributed by atoms with Gasteiger partial charge in [-0.05, 0) is 30.3 Å². The van der Waals surface area contributed by atoms with E-state index in [0.717, 1.165) is 0 Å². The van der Waals surface area contributed by atoms with Gasteiger partial charge in [-0.25, -0.2) is 18.2 Å². The number of halogens is 6. The topological polar surface area (TPSA) is 77.2 Å². The fourth-order valence-corrected chi connectivity index (χ4v) is 2.93. The average Bonchev–Trinajstić information content (AvgIpc) is 3.14. The summed E-state index contributed by atoms with van der Waals surface area (Å²) in [5, 5.41) is 1.82. The molecule has 0 fully saturated rings. The Bertz CT molecular complexity index is 876. The van der Waals surface area contributed by atoms with E-state index in [9.17, 15) is 31.1 Å². The maximum atomic E-state index is 13.2. The van der Waals surface area contributed by atoms with Crippen molar-refractivity contribution in [3.63, 3.8) is 0 Å². The van der Waals surface area contributed by atoms with Crippen molar-refractivity contribution in [2.45, 2.75) is 45.2 Å². The Morgan fingerprint density at radius 3 is 2.30 bits per heavy atom. The third-order valence-corrected chi connectivity index (χ3v) is 4.49. The molecule has 2 heterocycles. The fraction of sp³-hybridized carbons (Fsp3) is 0.455. The number of nitrogens with one attached hydrogen (secondary N) is 1. The number of aromatic nitrogens is 1. The number of nitrogens with zero attached hydrogens (tertiary/aromatic N) is 1. The summed E-state index contributed by atoms with van der Waals surface area (Å²) in [7, 11) is 0. The molecular formula is C22H27F6N3O2. The van der Waals surface area contributed by atoms with Crippen LogP contribution in [-0.2, 0) is 4.79 Å². The first-order chi connectivity index (χ1) is 15.6. The van der Waals surface area contributed by atoms with Crippen LogP contribution >= 0.6 is 0 Å². The molecule has 1 aromatic carbocycles. The summed E-state index contributed by atoms with van der Waals surface area (Å²) in [6.07, 6.45) is -6.68. The van der Waals surface area contributed by atoms with E-state index in [1.165, 1.54) is 30.3 Å². The summed E-state index contributed by atoms with van der Waals surface area (Å²) in [6.45, 7) is 5.10. The Labute approximate surface area is 188 Å². The van der Waals surface area contributed by atoms with E-state index < -0.39 is 37.4 Å². The van der Waals surface area contributed by atoms with Crippen LogP contribution in [-0.4, -0.2) is 43.7 Å². The molecule has 11 heteroatoms. The van der Waals surface area contributed by atoms with E-state index in [-0.39, 0.29) is 23.7 Å². The van der Waals surface area contributed by atoms with E-state index in [1.807, 2.05) is 26.1 Å². The van der Waals surface area contributed by atoms with Gasteiger partial charge in [-0.2, -0.15) is 13.2 Å². The number of hydrogen-bond donors (Lipinski definition) is 2. The highest BCUT2D eigenvalue weighted by molar-refractivity contribution is 5.70. The minimum atomic E-state index is -4.49. The first kappa shape index (κ1) is 28.2. The van der Waals surface area contributed by atoms with Crippen molar-refractivity contribution in [1.29, 1.82) is 0 Å². The van der Waals surface area contributed by atoms with Gasteiger partial charge < -0.3 is 15.8 Å². The molecule has 2 aromatic rings. The smallest absolute Gasteiger partial charge is 0.398 e. The lowest BCUT2D eigenvalue weighted by molar-refractivity contribution is -0.148. The van der Waals surface area contributed by atoms with Gasteiger partial charge in [-0.3, -0.25) is 4.79 Å². The van der Waals surface area contributed by atoms with E-state index >= 15 is 0 Å². The number of fused-ring (bicyclic) bond motifs is 1. The first-order valence-electron chi connectivity index (χ1n) is 10.2. The molecule has 0 radical (unpaired) electrons. The minimum Gasteiger partial charge on any atom is -0.490 e. The van der Waals surface area contributed by atoms with Gasteiger partial charge in [0.1, 0.15) is 23.2 Å². The van der Waals surface area contributed by atoms with Crippen LogP contribution in [0.2, 0.25) is 0 Å². The van der Waals surface area contributed by atoms with Crippen LogP contribution in [0.1, 0.15) is 43.9 Å². The van der Waals surface area contributed by atoms with Crippen LogP contribution in [0.25, 0.3) is 11.3 Å². The average molecular weight is 479 g/mol. The molecule has 3 rings (SSSR count). The molecular weight excluding hydrogens is 452 g/mol. The lowest BCUT2D eigenvalue weighted by atomic mass is 9.95. The number of pyridine rings is 1. The van der Waals surface area contributed by atoms with Crippen molar-refractivity contribution in [3.05, 3.63) is 47.4 Å². The summed E-state index contributed by atoms with van der Waals surface area (Å²) in [5.74, 6) is -1.88. The van der Waals surface area contributed by atoms with Gasteiger partial charge in [0.05, 0.1) is 18.8 Å². The molecule has 0 aliphatic carbocycles. The third kappa shape index (κ3) is 7.92. The molecule has 2 atom stereocenters. The highest BCUT2D eigenvalue weighted by Crippen LogP contribution is 2.43. The van der Waals surface area contributed by atoms with E-state index in [0.29, 0.717) is 23.5 Å². The Balaban J connectivity index is 0.000000520.